The number of aryl methyl sites for hydroxylation is 2. The van der Waals surface area contributed by atoms with E-state index in [0.717, 1.165) is 41.8 Å². The van der Waals surface area contributed by atoms with Crippen molar-refractivity contribution < 1.29 is 9.53 Å². The Kier molecular flexibility index (Phi) is 5.94. The molecular weight excluding hydrogens is 406 g/mol. The van der Waals surface area contributed by atoms with E-state index in [1.54, 1.807) is 0 Å². The minimum absolute atomic E-state index is 0.0231. The van der Waals surface area contributed by atoms with Gasteiger partial charge in [-0.15, -0.1) is 0 Å². The molecule has 3 rings (SSSR count). The summed E-state index contributed by atoms with van der Waals surface area (Å²) < 4.78 is 9.02. The smallest absolute Gasteiger partial charge is 0.410 e. The molecule has 1 amide bonds. The molecule has 0 fully saturated rings. The Labute approximate surface area is 169 Å². The molecule has 0 radical (unpaired) electrons. The van der Waals surface area contributed by atoms with E-state index >= 15 is 0 Å². The van der Waals surface area contributed by atoms with Crippen LogP contribution in [0, 0.1) is 0 Å². The summed E-state index contributed by atoms with van der Waals surface area (Å²) in [5, 5.41) is 0. The zero-order valence-corrected chi connectivity index (χ0v) is 18.1. The molecule has 146 valence electrons. The fourth-order valence-corrected chi connectivity index (χ4v) is 3.82. The van der Waals surface area contributed by atoms with Gasteiger partial charge < -0.3 is 9.30 Å². The number of carbonyl (C=O) groups excluding carboxylic acids is 1. The van der Waals surface area contributed by atoms with Crippen LogP contribution >= 0.6 is 15.9 Å². The van der Waals surface area contributed by atoms with Crippen molar-refractivity contribution >= 4 is 22.0 Å². The van der Waals surface area contributed by atoms with Crippen LogP contribution in [0.2, 0.25) is 0 Å². The molecule has 0 bridgehead atoms. The van der Waals surface area contributed by atoms with Crippen LogP contribution in [0.4, 0.5) is 4.79 Å². The number of rotatable bonds is 4. The van der Waals surface area contributed by atoms with Crippen LogP contribution in [-0.2, 0) is 24.1 Å². The number of benzene rings is 1. The SMILES string of the molecule is CCc1ncc2n1CCN(C(=O)OC(C)(C)C)C2CCc1ccc(Br)cc1. The lowest BCUT2D eigenvalue weighted by Gasteiger charge is -2.38. The van der Waals surface area contributed by atoms with Gasteiger partial charge in [-0.1, -0.05) is 35.0 Å². The van der Waals surface area contributed by atoms with Gasteiger partial charge in [0.1, 0.15) is 11.4 Å². The maximum absolute atomic E-state index is 12.8. The number of ether oxygens (including phenoxy) is 1. The van der Waals surface area contributed by atoms with E-state index in [1.807, 2.05) is 31.9 Å². The fraction of sp³-hybridized carbons (Fsp3) is 0.524. The Bertz CT molecular complexity index is 793. The molecule has 1 atom stereocenters. The number of nitrogens with zero attached hydrogens (tertiary/aromatic N) is 3. The highest BCUT2D eigenvalue weighted by Gasteiger charge is 2.34. The summed E-state index contributed by atoms with van der Waals surface area (Å²) in [5.74, 6) is 1.09. The van der Waals surface area contributed by atoms with E-state index in [-0.39, 0.29) is 12.1 Å². The Morgan fingerprint density at radius 1 is 1.26 bits per heavy atom. The van der Waals surface area contributed by atoms with E-state index in [4.69, 9.17) is 4.74 Å². The summed E-state index contributed by atoms with van der Waals surface area (Å²) >= 11 is 3.48. The minimum Gasteiger partial charge on any atom is -0.444 e. The van der Waals surface area contributed by atoms with E-state index in [2.05, 4.69) is 56.7 Å². The highest BCUT2D eigenvalue weighted by atomic mass is 79.9. The van der Waals surface area contributed by atoms with Crippen LogP contribution in [0.3, 0.4) is 0 Å². The van der Waals surface area contributed by atoms with Crippen LogP contribution < -0.4 is 0 Å². The second-order valence-electron chi connectivity index (χ2n) is 7.96. The molecule has 1 aliphatic heterocycles. The van der Waals surface area contributed by atoms with E-state index in [9.17, 15) is 4.79 Å². The zero-order chi connectivity index (χ0) is 19.6. The Morgan fingerprint density at radius 3 is 2.59 bits per heavy atom. The van der Waals surface area contributed by atoms with Crippen LogP contribution in [-0.4, -0.2) is 32.7 Å². The van der Waals surface area contributed by atoms with Crippen molar-refractivity contribution in [2.75, 3.05) is 6.54 Å². The molecule has 0 saturated carbocycles. The number of hydrogen-bond donors (Lipinski definition) is 0. The van der Waals surface area contributed by atoms with Crippen molar-refractivity contribution in [3.63, 3.8) is 0 Å². The van der Waals surface area contributed by atoms with Crippen molar-refractivity contribution in [1.29, 1.82) is 0 Å². The van der Waals surface area contributed by atoms with E-state index in [0.29, 0.717) is 6.54 Å². The van der Waals surface area contributed by atoms with E-state index < -0.39 is 5.60 Å². The molecule has 1 aromatic heterocycles. The molecule has 5 nitrogen and oxygen atoms in total. The predicted octanol–water partition coefficient (Wildman–Crippen LogP) is 5.13. The molecule has 1 unspecified atom stereocenters. The molecule has 2 aromatic rings. The highest BCUT2D eigenvalue weighted by molar-refractivity contribution is 9.10. The summed E-state index contributed by atoms with van der Waals surface area (Å²) in [5.41, 5.74) is 1.87. The Balaban J connectivity index is 1.84. The van der Waals surface area contributed by atoms with Gasteiger partial charge in [-0.05, 0) is 51.3 Å². The number of carbonyl (C=O) groups is 1. The van der Waals surface area contributed by atoms with Gasteiger partial charge in [-0.25, -0.2) is 9.78 Å². The second-order valence-corrected chi connectivity index (χ2v) is 8.87. The third-order valence-electron chi connectivity index (χ3n) is 4.82. The average molecular weight is 434 g/mol. The van der Waals surface area contributed by atoms with Crippen LogP contribution in [0.1, 0.15) is 57.2 Å². The molecule has 6 heteroatoms. The first-order valence-corrected chi connectivity index (χ1v) is 10.4. The first-order chi connectivity index (χ1) is 12.8. The van der Waals surface area contributed by atoms with Gasteiger partial charge in [0.25, 0.3) is 0 Å². The van der Waals surface area contributed by atoms with Gasteiger partial charge in [0.05, 0.1) is 17.9 Å². The molecule has 0 aliphatic carbocycles. The zero-order valence-electron chi connectivity index (χ0n) is 16.5. The molecule has 0 N–H and O–H groups in total. The highest BCUT2D eigenvalue weighted by Crippen LogP contribution is 2.32. The van der Waals surface area contributed by atoms with Gasteiger partial charge in [-0.3, -0.25) is 4.90 Å². The van der Waals surface area contributed by atoms with Crippen molar-refractivity contribution in [2.45, 2.75) is 65.1 Å². The number of aromatic nitrogens is 2. The summed E-state index contributed by atoms with van der Waals surface area (Å²) in [4.78, 5) is 19.3. The van der Waals surface area contributed by atoms with Crippen molar-refractivity contribution in [2.24, 2.45) is 0 Å². The van der Waals surface area contributed by atoms with Crippen LogP contribution in [0.25, 0.3) is 0 Å². The molecular formula is C21H28BrN3O2. The van der Waals surface area contributed by atoms with Crippen molar-refractivity contribution in [1.82, 2.24) is 14.5 Å². The number of halogens is 1. The standard InChI is InChI=1S/C21H28BrN3O2/c1-5-19-23-14-18-17(11-8-15-6-9-16(22)10-7-15)25(13-12-24(18)19)20(26)27-21(2,3)4/h6-7,9-10,14,17H,5,8,11-13H2,1-4H3. The third-order valence-corrected chi connectivity index (χ3v) is 5.34. The van der Waals surface area contributed by atoms with Gasteiger partial charge in [-0.2, -0.15) is 0 Å². The number of imidazole rings is 1. The van der Waals surface area contributed by atoms with Gasteiger partial charge in [0.2, 0.25) is 0 Å². The molecule has 0 spiro atoms. The average Bonchev–Trinajstić information content (AvgIpc) is 3.02. The summed E-state index contributed by atoms with van der Waals surface area (Å²) in [6.45, 7) is 9.26. The summed E-state index contributed by atoms with van der Waals surface area (Å²) in [6, 6.07) is 8.34. The monoisotopic (exact) mass is 433 g/mol. The quantitative estimate of drug-likeness (QED) is 0.670. The number of hydrogen-bond acceptors (Lipinski definition) is 3. The molecule has 1 aliphatic rings. The molecule has 0 saturated heterocycles. The maximum Gasteiger partial charge on any atom is 0.410 e. The maximum atomic E-state index is 12.8. The molecule has 1 aromatic carbocycles. The lowest BCUT2D eigenvalue weighted by atomic mass is 10.0. The largest absolute Gasteiger partial charge is 0.444 e. The summed E-state index contributed by atoms with van der Waals surface area (Å²) in [6.07, 6.45) is 4.32. The number of amides is 1. The topological polar surface area (TPSA) is 47.4 Å². The van der Waals surface area contributed by atoms with Crippen LogP contribution in [0.15, 0.2) is 34.9 Å². The Hall–Kier alpha value is -1.82. The first-order valence-electron chi connectivity index (χ1n) is 9.57. The minimum atomic E-state index is -0.500. The van der Waals surface area contributed by atoms with Gasteiger partial charge in [0.15, 0.2) is 0 Å². The van der Waals surface area contributed by atoms with Crippen molar-refractivity contribution in [3.8, 4) is 0 Å². The van der Waals surface area contributed by atoms with Gasteiger partial charge >= 0.3 is 6.09 Å². The normalized spacial score (nSPS) is 16.9. The Morgan fingerprint density at radius 2 is 1.96 bits per heavy atom. The molecule has 2 heterocycles. The second kappa shape index (κ2) is 8.05. The van der Waals surface area contributed by atoms with Gasteiger partial charge in [0, 0.05) is 24.0 Å². The lowest BCUT2D eigenvalue weighted by Crippen LogP contribution is -2.44. The van der Waals surface area contributed by atoms with E-state index in [1.165, 1.54) is 5.56 Å². The molecule has 27 heavy (non-hydrogen) atoms. The fourth-order valence-electron chi connectivity index (χ4n) is 3.56. The predicted molar refractivity (Wildman–Crippen MR) is 110 cm³/mol. The summed E-state index contributed by atoms with van der Waals surface area (Å²) in [7, 11) is 0. The first kappa shape index (κ1) is 19.9. The lowest BCUT2D eigenvalue weighted by molar-refractivity contribution is 0.00947. The number of fused-ring (bicyclic) bond motifs is 1. The van der Waals surface area contributed by atoms with Crippen LogP contribution in [0.5, 0.6) is 0 Å². The van der Waals surface area contributed by atoms with Crippen molar-refractivity contribution in [3.05, 3.63) is 52.0 Å². The third kappa shape index (κ3) is 4.72.